The minimum atomic E-state index is 0.142. The van der Waals surface area contributed by atoms with Crippen molar-refractivity contribution in [2.45, 2.75) is 19.5 Å². The second kappa shape index (κ2) is 6.64. The van der Waals surface area contributed by atoms with Gasteiger partial charge in [-0.3, -0.25) is 0 Å². The molecule has 106 valence electrons. The molecule has 0 unspecified atom stereocenters. The zero-order valence-electron chi connectivity index (χ0n) is 11.6. The Morgan fingerprint density at radius 1 is 1.20 bits per heavy atom. The number of benzene rings is 2. The molecule has 0 aliphatic rings. The summed E-state index contributed by atoms with van der Waals surface area (Å²) in [5.41, 5.74) is 1.95. The number of ether oxygens (including phenoxy) is 1. The Morgan fingerprint density at radius 2 is 1.90 bits per heavy atom. The van der Waals surface area contributed by atoms with E-state index in [9.17, 15) is 5.11 Å². The molecule has 0 aromatic heterocycles. The van der Waals surface area contributed by atoms with Crippen LogP contribution in [0.5, 0.6) is 11.5 Å². The monoisotopic (exact) mass is 291 g/mol. The fourth-order valence-corrected chi connectivity index (χ4v) is 2.17. The second-order valence-electron chi connectivity index (χ2n) is 4.62. The molecule has 0 saturated heterocycles. The summed E-state index contributed by atoms with van der Waals surface area (Å²) in [6, 6.07) is 13.4. The molecule has 2 N–H and O–H groups in total. The number of nitrogens with one attached hydrogen (secondary N) is 1. The van der Waals surface area contributed by atoms with Gasteiger partial charge in [-0.2, -0.15) is 0 Å². The normalized spacial score (nSPS) is 12.2. The van der Waals surface area contributed by atoms with E-state index in [1.165, 1.54) is 0 Å². The first kappa shape index (κ1) is 14.7. The first-order chi connectivity index (χ1) is 9.61. The highest BCUT2D eigenvalue weighted by Crippen LogP contribution is 2.27. The number of para-hydroxylation sites is 1. The van der Waals surface area contributed by atoms with Crippen LogP contribution in [0.4, 0.5) is 0 Å². The van der Waals surface area contributed by atoms with Crippen molar-refractivity contribution in [1.29, 1.82) is 0 Å². The van der Waals surface area contributed by atoms with Gasteiger partial charge in [-0.15, -0.1) is 0 Å². The summed E-state index contributed by atoms with van der Waals surface area (Å²) in [6.45, 7) is 2.63. The zero-order valence-corrected chi connectivity index (χ0v) is 12.3. The van der Waals surface area contributed by atoms with Crippen LogP contribution in [-0.2, 0) is 6.54 Å². The maximum Gasteiger partial charge on any atom is 0.138 e. The number of hydrogen-bond donors (Lipinski definition) is 2. The van der Waals surface area contributed by atoms with E-state index in [1.807, 2.05) is 36.4 Å². The number of hydrogen-bond acceptors (Lipinski definition) is 3. The molecule has 0 radical (unpaired) electrons. The van der Waals surface area contributed by atoms with Gasteiger partial charge in [0.1, 0.15) is 11.5 Å². The maximum absolute atomic E-state index is 9.86. The fraction of sp³-hybridized carbons (Fsp3) is 0.250. The van der Waals surface area contributed by atoms with Crippen LogP contribution in [0.25, 0.3) is 0 Å². The largest absolute Gasteiger partial charge is 0.506 e. The van der Waals surface area contributed by atoms with Crippen molar-refractivity contribution in [3.63, 3.8) is 0 Å². The molecule has 0 saturated carbocycles. The van der Waals surface area contributed by atoms with Gasteiger partial charge in [0.05, 0.1) is 12.1 Å². The molecule has 0 spiro atoms. The molecule has 0 aliphatic carbocycles. The van der Waals surface area contributed by atoms with Gasteiger partial charge >= 0.3 is 0 Å². The SMILES string of the molecule is COc1ccc([C@H](C)NCc2cccc(Cl)c2O)cc1. The van der Waals surface area contributed by atoms with Crippen LogP contribution >= 0.6 is 11.6 Å². The third kappa shape index (κ3) is 3.44. The minimum absolute atomic E-state index is 0.142. The van der Waals surface area contributed by atoms with E-state index < -0.39 is 0 Å². The molecule has 2 aromatic rings. The number of methoxy groups -OCH3 is 1. The van der Waals surface area contributed by atoms with Crippen LogP contribution in [0.15, 0.2) is 42.5 Å². The number of phenols is 1. The third-order valence-corrected chi connectivity index (χ3v) is 3.59. The number of aromatic hydroxyl groups is 1. The lowest BCUT2D eigenvalue weighted by atomic mass is 10.1. The summed E-state index contributed by atoms with van der Waals surface area (Å²) >= 11 is 5.89. The Morgan fingerprint density at radius 3 is 2.55 bits per heavy atom. The van der Waals surface area contributed by atoms with E-state index in [1.54, 1.807) is 13.2 Å². The Balaban J connectivity index is 2.00. The van der Waals surface area contributed by atoms with Crippen LogP contribution in [0.3, 0.4) is 0 Å². The van der Waals surface area contributed by atoms with Crippen molar-refractivity contribution < 1.29 is 9.84 Å². The topological polar surface area (TPSA) is 41.5 Å². The smallest absolute Gasteiger partial charge is 0.138 e. The van der Waals surface area contributed by atoms with E-state index in [0.717, 1.165) is 16.9 Å². The molecule has 0 heterocycles. The van der Waals surface area contributed by atoms with Crippen LogP contribution in [0.2, 0.25) is 5.02 Å². The lowest BCUT2D eigenvalue weighted by Crippen LogP contribution is -2.18. The average molecular weight is 292 g/mol. The van der Waals surface area contributed by atoms with Crippen molar-refractivity contribution in [2.24, 2.45) is 0 Å². The van der Waals surface area contributed by atoms with Crippen LogP contribution in [0.1, 0.15) is 24.1 Å². The van der Waals surface area contributed by atoms with E-state index in [2.05, 4.69) is 12.2 Å². The molecule has 0 bridgehead atoms. The molecule has 1 atom stereocenters. The molecule has 3 nitrogen and oxygen atoms in total. The van der Waals surface area contributed by atoms with Gasteiger partial charge in [0.2, 0.25) is 0 Å². The Kier molecular flexibility index (Phi) is 4.88. The van der Waals surface area contributed by atoms with Crippen LogP contribution in [-0.4, -0.2) is 12.2 Å². The first-order valence-electron chi connectivity index (χ1n) is 6.45. The molecule has 4 heteroatoms. The van der Waals surface area contributed by atoms with Crippen LogP contribution in [0, 0.1) is 0 Å². The number of halogens is 1. The van der Waals surface area contributed by atoms with Gasteiger partial charge in [-0.05, 0) is 30.7 Å². The minimum Gasteiger partial charge on any atom is -0.506 e. The maximum atomic E-state index is 9.86. The number of rotatable bonds is 5. The molecule has 0 aliphatic heterocycles. The van der Waals surface area contributed by atoms with E-state index >= 15 is 0 Å². The summed E-state index contributed by atoms with van der Waals surface area (Å²) in [5.74, 6) is 0.983. The summed E-state index contributed by atoms with van der Waals surface area (Å²) in [6.07, 6.45) is 0. The Hall–Kier alpha value is -1.71. The van der Waals surface area contributed by atoms with Gasteiger partial charge < -0.3 is 15.2 Å². The summed E-state index contributed by atoms with van der Waals surface area (Å²) < 4.78 is 5.14. The Labute approximate surface area is 124 Å². The fourth-order valence-electron chi connectivity index (χ4n) is 1.98. The lowest BCUT2D eigenvalue weighted by molar-refractivity contribution is 0.414. The van der Waals surface area contributed by atoms with Gasteiger partial charge in [0.15, 0.2) is 0 Å². The predicted molar refractivity (Wildman–Crippen MR) is 81.4 cm³/mol. The molecule has 2 aromatic carbocycles. The zero-order chi connectivity index (χ0) is 14.5. The highest BCUT2D eigenvalue weighted by Gasteiger charge is 2.08. The van der Waals surface area contributed by atoms with Crippen molar-refractivity contribution in [2.75, 3.05) is 7.11 Å². The second-order valence-corrected chi connectivity index (χ2v) is 5.03. The first-order valence-corrected chi connectivity index (χ1v) is 6.83. The van der Waals surface area contributed by atoms with E-state index in [4.69, 9.17) is 16.3 Å². The van der Waals surface area contributed by atoms with Crippen molar-refractivity contribution in [3.05, 3.63) is 58.6 Å². The number of phenolic OH excluding ortho intramolecular Hbond substituents is 1. The molecule has 20 heavy (non-hydrogen) atoms. The van der Waals surface area contributed by atoms with Crippen molar-refractivity contribution >= 4 is 11.6 Å². The highest BCUT2D eigenvalue weighted by molar-refractivity contribution is 6.32. The molecule has 2 rings (SSSR count). The van der Waals surface area contributed by atoms with Gasteiger partial charge in [-0.1, -0.05) is 35.9 Å². The third-order valence-electron chi connectivity index (χ3n) is 3.28. The van der Waals surface area contributed by atoms with Crippen molar-refractivity contribution in [3.8, 4) is 11.5 Å². The predicted octanol–water partition coefficient (Wildman–Crippen LogP) is 3.91. The molecule has 0 fully saturated rings. The van der Waals surface area contributed by atoms with E-state index in [0.29, 0.717) is 11.6 Å². The molecular weight excluding hydrogens is 274 g/mol. The van der Waals surface area contributed by atoms with Gasteiger partial charge in [0, 0.05) is 18.2 Å². The molecule has 0 amide bonds. The summed E-state index contributed by atoms with van der Waals surface area (Å²) in [4.78, 5) is 0. The van der Waals surface area contributed by atoms with Crippen molar-refractivity contribution in [1.82, 2.24) is 5.32 Å². The standard InChI is InChI=1S/C16H18ClNO2/c1-11(12-6-8-14(20-2)9-7-12)18-10-13-4-3-5-15(17)16(13)19/h3-9,11,18-19H,10H2,1-2H3/t11-/m0/s1. The Bertz CT molecular complexity index is 569. The van der Waals surface area contributed by atoms with Gasteiger partial charge in [-0.25, -0.2) is 0 Å². The van der Waals surface area contributed by atoms with Crippen LogP contribution < -0.4 is 10.1 Å². The summed E-state index contributed by atoms with van der Waals surface area (Å²) in [7, 11) is 1.65. The highest BCUT2D eigenvalue weighted by atomic mass is 35.5. The van der Waals surface area contributed by atoms with Gasteiger partial charge in [0.25, 0.3) is 0 Å². The lowest BCUT2D eigenvalue weighted by Gasteiger charge is -2.15. The molecular formula is C16H18ClNO2. The quantitative estimate of drug-likeness (QED) is 0.878. The van der Waals surface area contributed by atoms with E-state index in [-0.39, 0.29) is 11.8 Å². The average Bonchev–Trinajstić information content (AvgIpc) is 2.48. The summed E-state index contributed by atoms with van der Waals surface area (Å²) in [5, 5.41) is 13.6.